The molecule has 1 fully saturated rings. The van der Waals surface area contributed by atoms with Gasteiger partial charge in [0, 0.05) is 32.4 Å². The average Bonchev–Trinajstić information content (AvgIpc) is 2.74. The molecular weight excluding hydrogens is 356 g/mol. The molecule has 2 heterocycles. The lowest BCUT2D eigenvalue weighted by Crippen LogP contribution is -2.54. The van der Waals surface area contributed by atoms with Gasteiger partial charge in [0.25, 0.3) is 0 Å². The zero-order valence-corrected chi connectivity index (χ0v) is 16.3. The second kappa shape index (κ2) is 9.21. The molecule has 1 saturated heterocycles. The highest BCUT2D eigenvalue weighted by Gasteiger charge is 2.26. The summed E-state index contributed by atoms with van der Waals surface area (Å²) >= 11 is 0. The van der Waals surface area contributed by atoms with Crippen molar-refractivity contribution < 1.29 is 14.3 Å². The molecule has 7 heteroatoms. The highest BCUT2D eigenvalue weighted by molar-refractivity contribution is 5.88. The Morgan fingerprint density at radius 1 is 1.11 bits per heavy atom. The van der Waals surface area contributed by atoms with Crippen molar-refractivity contribution >= 4 is 17.6 Å². The van der Waals surface area contributed by atoms with E-state index >= 15 is 0 Å². The van der Waals surface area contributed by atoms with Gasteiger partial charge in [0.15, 0.2) is 0 Å². The van der Waals surface area contributed by atoms with Gasteiger partial charge in [-0.3, -0.25) is 9.59 Å². The van der Waals surface area contributed by atoms with Crippen LogP contribution in [0, 0.1) is 0 Å². The summed E-state index contributed by atoms with van der Waals surface area (Å²) in [6.07, 6.45) is 2.00. The van der Waals surface area contributed by atoms with Crippen LogP contribution in [0.3, 0.4) is 0 Å². The van der Waals surface area contributed by atoms with E-state index < -0.39 is 6.04 Å². The summed E-state index contributed by atoms with van der Waals surface area (Å²) in [4.78, 5) is 33.3. The number of carbonyl (C=O) groups excluding carboxylic acids is 2. The largest absolute Gasteiger partial charge is 0.497 e. The van der Waals surface area contributed by atoms with Gasteiger partial charge >= 0.3 is 0 Å². The van der Waals surface area contributed by atoms with Crippen LogP contribution in [0.2, 0.25) is 0 Å². The van der Waals surface area contributed by atoms with E-state index in [9.17, 15) is 9.59 Å². The van der Waals surface area contributed by atoms with Crippen LogP contribution >= 0.6 is 0 Å². The molecule has 148 valence electrons. The number of aromatic nitrogens is 1. The number of anilines is 1. The predicted molar refractivity (Wildman–Crippen MR) is 107 cm³/mol. The third-order valence-electron chi connectivity index (χ3n) is 4.84. The molecule has 0 saturated carbocycles. The zero-order chi connectivity index (χ0) is 19.9. The number of hydrogen-bond donors (Lipinski definition) is 1. The fourth-order valence-corrected chi connectivity index (χ4v) is 3.25. The third-order valence-corrected chi connectivity index (χ3v) is 4.84. The lowest BCUT2D eigenvalue weighted by Gasteiger charge is -2.36. The SMILES string of the molecule is COc1ccc(CC(=O)N[C@@H](C)C(=O)N2CCN(c3ccccn3)CC2)cc1. The highest BCUT2D eigenvalue weighted by atomic mass is 16.5. The van der Waals surface area contributed by atoms with Gasteiger partial charge in [0.2, 0.25) is 11.8 Å². The first kappa shape index (κ1) is 19.7. The summed E-state index contributed by atoms with van der Waals surface area (Å²) in [7, 11) is 1.60. The van der Waals surface area contributed by atoms with E-state index in [-0.39, 0.29) is 18.2 Å². The van der Waals surface area contributed by atoms with Crippen LogP contribution in [-0.2, 0) is 16.0 Å². The normalized spacial score (nSPS) is 15.1. The summed E-state index contributed by atoms with van der Waals surface area (Å²) in [5, 5.41) is 2.81. The minimum atomic E-state index is -0.549. The summed E-state index contributed by atoms with van der Waals surface area (Å²) in [5.74, 6) is 1.45. The number of nitrogens with one attached hydrogen (secondary N) is 1. The molecular formula is C21H26N4O3. The Balaban J connectivity index is 1.47. The number of pyridine rings is 1. The van der Waals surface area contributed by atoms with Crippen molar-refractivity contribution in [1.29, 1.82) is 0 Å². The number of rotatable bonds is 6. The first-order chi connectivity index (χ1) is 13.6. The Bertz CT molecular complexity index is 787. The molecule has 1 atom stereocenters. The number of nitrogens with zero attached hydrogens (tertiary/aromatic N) is 3. The molecule has 1 aromatic heterocycles. The molecule has 0 unspecified atom stereocenters. The number of benzene rings is 1. The monoisotopic (exact) mass is 382 g/mol. The molecule has 0 bridgehead atoms. The van der Waals surface area contributed by atoms with Gasteiger partial charge < -0.3 is 19.9 Å². The Morgan fingerprint density at radius 2 is 1.82 bits per heavy atom. The highest BCUT2D eigenvalue weighted by Crippen LogP contribution is 2.14. The van der Waals surface area contributed by atoms with E-state index in [0.29, 0.717) is 13.1 Å². The van der Waals surface area contributed by atoms with E-state index in [2.05, 4.69) is 15.2 Å². The van der Waals surface area contributed by atoms with Gasteiger partial charge in [-0.15, -0.1) is 0 Å². The maximum Gasteiger partial charge on any atom is 0.244 e. The van der Waals surface area contributed by atoms with Crippen LogP contribution in [0.15, 0.2) is 48.7 Å². The molecule has 28 heavy (non-hydrogen) atoms. The number of ether oxygens (including phenoxy) is 1. The lowest BCUT2D eigenvalue weighted by molar-refractivity contribution is -0.136. The van der Waals surface area contributed by atoms with Gasteiger partial charge in [-0.05, 0) is 36.8 Å². The van der Waals surface area contributed by atoms with Crippen LogP contribution in [0.25, 0.3) is 0 Å². The molecule has 0 spiro atoms. The van der Waals surface area contributed by atoms with Gasteiger partial charge in [-0.25, -0.2) is 4.98 Å². The smallest absolute Gasteiger partial charge is 0.244 e. The molecule has 1 aliphatic heterocycles. The fraction of sp³-hybridized carbons (Fsp3) is 0.381. The van der Waals surface area contributed by atoms with Crippen LogP contribution in [0.1, 0.15) is 12.5 Å². The second-order valence-electron chi connectivity index (χ2n) is 6.81. The molecule has 1 aromatic carbocycles. The number of carbonyl (C=O) groups is 2. The molecule has 2 aromatic rings. The predicted octanol–water partition coefficient (Wildman–Crippen LogP) is 1.49. The first-order valence-electron chi connectivity index (χ1n) is 9.44. The Hall–Kier alpha value is -3.09. The van der Waals surface area contributed by atoms with Crippen LogP contribution < -0.4 is 15.0 Å². The standard InChI is InChI=1S/C21H26N4O3/c1-16(23-20(26)15-17-6-8-18(28-2)9-7-17)21(27)25-13-11-24(12-14-25)19-5-3-4-10-22-19/h3-10,16H,11-15H2,1-2H3,(H,23,26)/t16-/m0/s1. The Labute approximate surface area is 165 Å². The van der Waals surface area contributed by atoms with Crippen LogP contribution in [-0.4, -0.2) is 61.0 Å². The third kappa shape index (κ3) is 5.00. The van der Waals surface area contributed by atoms with Crippen molar-refractivity contribution in [3.63, 3.8) is 0 Å². The minimum Gasteiger partial charge on any atom is -0.497 e. The van der Waals surface area contributed by atoms with Crippen molar-refractivity contribution in [3.05, 3.63) is 54.2 Å². The van der Waals surface area contributed by atoms with E-state index in [0.717, 1.165) is 30.2 Å². The molecule has 0 aliphatic carbocycles. The van der Waals surface area contributed by atoms with E-state index in [1.54, 1.807) is 25.1 Å². The number of amides is 2. The zero-order valence-electron chi connectivity index (χ0n) is 16.3. The number of methoxy groups -OCH3 is 1. The van der Waals surface area contributed by atoms with E-state index in [1.165, 1.54) is 0 Å². The quantitative estimate of drug-likeness (QED) is 0.819. The maximum absolute atomic E-state index is 12.7. The molecule has 2 amide bonds. The molecule has 1 N–H and O–H groups in total. The lowest BCUT2D eigenvalue weighted by atomic mass is 10.1. The molecule has 3 rings (SSSR count). The van der Waals surface area contributed by atoms with Crippen molar-refractivity contribution in [1.82, 2.24) is 15.2 Å². The van der Waals surface area contributed by atoms with Crippen molar-refractivity contribution in [2.75, 3.05) is 38.2 Å². The summed E-state index contributed by atoms with van der Waals surface area (Å²) in [6.45, 7) is 4.44. The van der Waals surface area contributed by atoms with Crippen LogP contribution in [0.4, 0.5) is 5.82 Å². The fourth-order valence-electron chi connectivity index (χ4n) is 3.25. The van der Waals surface area contributed by atoms with Gasteiger partial charge in [0.1, 0.15) is 17.6 Å². The first-order valence-corrected chi connectivity index (χ1v) is 9.44. The van der Waals surface area contributed by atoms with Gasteiger partial charge in [-0.1, -0.05) is 18.2 Å². The molecule has 7 nitrogen and oxygen atoms in total. The van der Waals surface area contributed by atoms with Crippen molar-refractivity contribution in [2.24, 2.45) is 0 Å². The van der Waals surface area contributed by atoms with Crippen LogP contribution in [0.5, 0.6) is 5.75 Å². The van der Waals surface area contributed by atoms with E-state index in [4.69, 9.17) is 4.74 Å². The Kier molecular flexibility index (Phi) is 6.47. The Morgan fingerprint density at radius 3 is 2.43 bits per heavy atom. The second-order valence-corrected chi connectivity index (χ2v) is 6.81. The van der Waals surface area contributed by atoms with Crippen molar-refractivity contribution in [2.45, 2.75) is 19.4 Å². The topological polar surface area (TPSA) is 74.8 Å². The number of hydrogen-bond acceptors (Lipinski definition) is 5. The molecule has 0 radical (unpaired) electrons. The summed E-state index contributed by atoms with van der Waals surface area (Å²) < 4.78 is 5.12. The maximum atomic E-state index is 12.7. The summed E-state index contributed by atoms with van der Waals surface area (Å²) in [6, 6.07) is 12.6. The average molecular weight is 382 g/mol. The van der Waals surface area contributed by atoms with Crippen molar-refractivity contribution in [3.8, 4) is 5.75 Å². The van der Waals surface area contributed by atoms with E-state index in [1.807, 2.05) is 42.5 Å². The van der Waals surface area contributed by atoms with Gasteiger partial charge in [0.05, 0.1) is 13.5 Å². The minimum absolute atomic E-state index is 0.0521. The molecule has 1 aliphatic rings. The van der Waals surface area contributed by atoms with Gasteiger partial charge in [-0.2, -0.15) is 0 Å². The number of piperazine rings is 1. The summed E-state index contributed by atoms with van der Waals surface area (Å²) in [5.41, 5.74) is 0.877.